The van der Waals surface area contributed by atoms with Gasteiger partial charge in [0.2, 0.25) is 10.0 Å². The minimum atomic E-state index is -3.97. The molecule has 3 aromatic rings. The molecule has 42 heavy (non-hydrogen) atoms. The molecule has 0 spiro atoms. The summed E-state index contributed by atoms with van der Waals surface area (Å²) in [4.78, 5) is 17.8. The lowest BCUT2D eigenvalue weighted by molar-refractivity contribution is -0.0603. The molecule has 0 saturated carbocycles. The first-order valence-electron chi connectivity index (χ1n) is 14.4. The largest absolute Gasteiger partial charge is 0.485 e. The van der Waals surface area contributed by atoms with Gasteiger partial charge in [0.05, 0.1) is 10.9 Å². The second-order valence-corrected chi connectivity index (χ2v) is 13.1. The third-order valence-electron chi connectivity index (χ3n) is 8.05. The highest BCUT2D eigenvalue weighted by Crippen LogP contribution is 2.41. The van der Waals surface area contributed by atoms with E-state index in [1.165, 1.54) is 0 Å². The zero-order valence-corrected chi connectivity index (χ0v) is 25.2. The monoisotopic (exact) mass is 589 g/mol. The number of sulfonamides is 1. The second-order valence-electron chi connectivity index (χ2n) is 11.4. The molecule has 8 nitrogen and oxygen atoms in total. The van der Waals surface area contributed by atoms with Crippen molar-refractivity contribution in [1.82, 2.24) is 14.5 Å². The van der Waals surface area contributed by atoms with Gasteiger partial charge in [-0.2, -0.15) is 0 Å². The minimum Gasteiger partial charge on any atom is -0.485 e. The highest BCUT2D eigenvalue weighted by molar-refractivity contribution is 7.89. The van der Waals surface area contributed by atoms with Crippen molar-refractivity contribution in [3.8, 4) is 5.75 Å². The van der Waals surface area contributed by atoms with E-state index < -0.39 is 27.8 Å². The SMILES string of the molecule is CCc1ccc(S(=O)(=O)N[C@@H]2c3cc(C(=O)N4CCN(C/C=C/c5ccccc5)CC4)ccc3OC(C)(C)[C@H]2O)cc1. The van der Waals surface area contributed by atoms with E-state index in [4.69, 9.17) is 4.74 Å². The molecule has 0 unspecified atom stereocenters. The maximum atomic E-state index is 13.5. The van der Waals surface area contributed by atoms with Crippen molar-refractivity contribution in [2.24, 2.45) is 0 Å². The standard InChI is InChI=1S/C33H39N3O5S/c1-4-24-12-15-27(16-13-24)42(39,40)34-30-28-23-26(14-17-29(28)41-33(2,3)31(30)37)32(38)36-21-19-35(20-22-36)18-8-11-25-9-6-5-7-10-25/h5-17,23,30-31,34,37H,4,18-22H2,1-3H3/b11-8+/t30-,31+/m1/s1. The molecule has 0 bridgehead atoms. The fraction of sp³-hybridized carbons (Fsp3) is 0.364. The molecular weight excluding hydrogens is 550 g/mol. The number of benzene rings is 3. The van der Waals surface area contributed by atoms with Gasteiger partial charge in [-0.1, -0.05) is 61.5 Å². The Bertz CT molecular complexity index is 1530. The lowest BCUT2D eigenvalue weighted by Crippen LogP contribution is -2.53. The van der Waals surface area contributed by atoms with E-state index in [2.05, 4.69) is 33.9 Å². The number of piperazine rings is 1. The lowest BCUT2D eigenvalue weighted by Gasteiger charge is -2.42. The van der Waals surface area contributed by atoms with Gasteiger partial charge in [-0.05, 0) is 61.7 Å². The molecular formula is C33H39N3O5S. The maximum absolute atomic E-state index is 13.5. The van der Waals surface area contributed by atoms with Crippen molar-refractivity contribution in [1.29, 1.82) is 0 Å². The Hall–Kier alpha value is -3.50. The van der Waals surface area contributed by atoms with Gasteiger partial charge >= 0.3 is 0 Å². The van der Waals surface area contributed by atoms with Crippen molar-refractivity contribution < 1.29 is 23.1 Å². The quantitative estimate of drug-likeness (QED) is 0.407. The number of fused-ring (bicyclic) bond motifs is 1. The third kappa shape index (κ3) is 6.60. The van der Waals surface area contributed by atoms with E-state index in [9.17, 15) is 18.3 Å². The van der Waals surface area contributed by atoms with Crippen molar-refractivity contribution in [3.05, 3.63) is 101 Å². The summed E-state index contributed by atoms with van der Waals surface area (Å²) in [6.07, 6.45) is 3.86. The van der Waals surface area contributed by atoms with Crippen molar-refractivity contribution in [3.63, 3.8) is 0 Å². The summed E-state index contributed by atoms with van der Waals surface area (Å²) < 4.78 is 35.5. The number of carbonyl (C=O) groups is 1. The summed E-state index contributed by atoms with van der Waals surface area (Å²) in [5.74, 6) is 0.305. The topological polar surface area (TPSA) is 99.2 Å². The number of hydrogen-bond donors (Lipinski definition) is 2. The lowest BCUT2D eigenvalue weighted by atomic mass is 9.86. The molecule has 222 valence electrons. The predicted molar refractivity (Wildman–Crippen MR) is 164 cm³/mol. The molecule has 0 aliphatic carbocycles. The smallest absolute Gasteiger partial charge is 0.253 e. The molecule has 2 aliphatic rings. The van der Waals surface area contributed by atoms with Crippen molar-refractivity contribution >= 4 is 22.0 Å². The number of rotatable bonds is 8. The summed E-state index contributed by atoms with van der Waals surface area (Å²) in [6.45, 7) is 8.93. The summed E-state index contributed by atoms with van der Waals surface area (Å²) in [5.41, 5.74) is 2.00. The number of aryl methyl sites for hydroxylation is 1. The first kappa shape index (κ1) is 30.0. The van der Waals surface area contributed by atoms with Crippen LogP contribution in [0.4, 0.5) is 0 Å². The normalized spacial score (nSPS) is 20.7. The first-order chi connectivity index (χ1) is 20.1. The molecule has 0 aromatic heterocycles. The van der Waals surface area contributed by atoms with E-state index in [-0.39, 0.29) is 10.8 Å². The third-order valence-corrected chi connectivity index (χ3v) is 9.51. The molecule has 2 N–H and O–H groups in total. The van der Waals surface area contributed by atoms with Crippen LogP contribution in [0.25, 0.3) is 6.08 Å². The molecule has 2 aliphatic heterocycles. The summed E-state index contributed by atoms with van der Waals surface area (Å²) >= 11 is 0. The van der Waals surface area contributed by atoms with Gasteiger partial charge < -0.3 is 14.7 Å². The molecule has 2 heterocycles. The highest BCUT2D eigenvalue weighted by Gasteiger charge is 2.45. The van der Waals surface area contributed by atoms with E-state index >= 15 is 0 Å². The average molecular weight is 590 g/mol. The average Bonchev–Trinajstić information content (AvgIpc) is 3.00. The van der Waals surface area contributed by atoms with Crippen LogP contribution in [0.2, 0.25) is 0 Å². The number of aliphatic hydroxyl groups excluding tert-OH is 1. The molecule has 0 radical (unpaired) electrons. The van der Waals surface area contributed by atoms with E-state index in [1.54, 1.807) is 56.3 Å². The van der Waals surface area contributed by atoms with Gasteiger partial charge in [0.1, 0.15) is 17.5 Å². The number of nitrogens with one attached hydrogen (secondary N) is 1. The van der Waals surface area contributed by atoms with Crippen LogP contribution in [-0.4, -0.2) is 73.7 Å². The molecule has 1 fully saturated rings. The van der Waals surface area contributed by atoms with Gasteiger partial charge in [0.25, 0.3) is 5.91 Å². The van der Waals surface area contributed by atoms with Crippen LogP contribution in [0.3, 0.4) is 0 Å². The predicted octanol–water partition coefficient (Wildman–Crippen LogP) is 4.27. The Labute approximate surface area is 248 Å². The fourth-order valence-corrected chi connectivity index (χ4v) is 6.64. The molecule has 9 heteroatoms. The summed E-state index contributed by atoms with van der Waals surface area (Å²) in [5, 5.41) is 11.2. The van der Waals surface area contributed by atoms with Crippen LogP contribution in [0, 0.1) is 0 Å². The van der Waals surface area contributed by atoms with E-state index in [0.29, 0.717) is 30.0 Å². The summed E-state index contributed by atoms with van der Waals surface area (Å²) in [7, 11) is -3.97. The Kier molecular flexibility index (Phi) is 8.84. The molecule has 1 saturated heterocycles. The number of nitrogens with zero attached hydrogens (tertiary/aromatic N) is 2. The Morgan fingerprint density at radius 1 is 1.02 bits per heavy atom. The number of carbonyl (C=O) groups excluding carboxylic acids is 1. The van der Waals surface area contributed by atoms with E-state index in [1.807, 2.05) is 30.0 Å². The van der Waals surface area contributed by atoms with Crippen LogP contribution in [0.1, 0.15) is 53.9 Å². The van der Waals surface area contributed by atoms with Crippen LogP contribution < -0.4 is 9.46 Å². The van der Waals surface area contributed by atoms with Gasteiger partial charge in [0, 0.05) is 43.9 Å². The zero-order valence-electron chi connectivity index (χ0n) is 24.4. The molecule has 1 amide bonds. The Morgan fingerprint density at radius 3 is 2.38 bits per heavy atom. The van der Waals surface area contributed by atoms with Crippen molar-refractivity contribution in [2.75, 3.05) is 32.7 Å². The first-order valence-corrected chi connectivity index (χ1v) is 15.9. The van der Waals surface area contributed by atoms with Crippen LogP contribution in [-0.2, 0) is 16.4 Å². The molecule has 3 aromatic carbocycles. The number of amides is 1. The van der Waals surface area contributed by atoms with Gasteiger partial charge in [0.15, 0.2) is 0 Å². The van der Waals surface area contributed by atoms with Gasteiger partial charge in [-0.25, -0.2) is 13.1 Å². The Morgan fingerprint density at radius 2 is 1.71 bits per heavy atom. The number of hydrogen-bond acceptors (Lipinski definition) is 6. The summed E-state index contributed by atoms with van der Waals surface area (Å²) in [6, 6.07) is 20.9. The second kappa shape index (κ2) is 12.4. The maximum Gasteiger partial charge on any atom is 0.253 e. The number of aliphatic hydroxyl groups is 1. The minimum absolute atomic E-state index is 0.112. The highest BCUT2D eigenvalue weighted by atomic mass is 32.2. The van der Waals surface area contributed by atoms with Crippen LogP contribution >= 0.6 is 0 Å². The zero-order chi connectivity index (χ0) is 29.9. The van der Waals surface area contributed by atoms with Gasteiger partial charge in [-0.15, -0.1) is 0 Å². The van der Waals surface area contributed by atoms with Crippen LogP contribution in [0.5, 0.6) is 5.75 Å². The fourth-order valence-electron chi connectivity index (χ4n) is 5.42. The van der Waals surface area contributed by atoms with E-state index in [0.717, 1.165) is 37.2 Å². The molecule has 2 atom stereocenters. The number of ether oxygens (including phenoxy) is 1. The van der Waals surface area contributed by atoms with Gasteiger partial charge in [-0.3, -0.25) is 9.69 Å². The van der Waals surface area contributed by atoms with Crippen molar-refractivity contribution in [2.45, 2.75) is 49.8 Å². The molecule has 5 rings (SSSR count). The van der Waals surface area contributed by atoms with Crippen LogP contribution in [0.15, 0.2) is 83.8 Å². The Balaban J connectivity index is 1.30.